The van der Waals surface area contributed by atoms with Crippen LogP contribution in [-0.2, 0) is 0 Å². The molecular formula is C13H7F4NO. The normalized spacial score (nSPS) is 10.3. The lowest BCUT2D eigenvalue weighted by Crippen LogP contribution is -2.14. The molecule has 0 saturated heterocycles. The summed E-state index contributed by atoms with van der Waals surface area (Å²) in [7, 11) is 0. The first-order valence-electron chi connectivity index (χ1n) is 5.18. The van der Waals surface area contributed by atoms with E-state index in [2.05, 4.69) is 5.32 Å². The quantitative estimate of drug-likeness (QED) is 0.831. The summed E-state index contributed by atoms with van der Waals surface area (Å²) in [5, 5.41) is 2.12. The molecule has 6 heteroatoms. The molecule has 98 valence electrons. The van der Waals surface area contributed by atoms with Gasteiger partial charge >= 0.3 is 0 Å². The van der Waals surface area contributed by atoms with Crippen LogP contribution in [0.4, 0.5) is 23.2 Å². The van der Waals surface area contributed by atoms with Crippen molar-refractivity contribution in [2.75, 3.05) is 5.32 Å². The predicted molar refractivity (Wildman–Crippen MR) is 60.7 cm³/mol. The van der Waals surface area contributed by atoms with Crippen molar-refractivity contribution in [3.05, 3.63) is 65.2 Å². The first-order chi connectivity index (χ1) is 8.95. The number of hydrogen-bond acceptors (Lipinski definition) is 1. The van der Waals surface area contributed by atoms with Crippen molar-refractivity contribution in [1.82, 2.24) is 0 Å². The number of rotatable bonds is 2. The molecule has 2 rings (SSSR count). The van der Waals surface area contributed by atoms with Gasteiger partial charge in [0.05, 0.1) is 5.56 Å². The molecule has 0 saturated carbocycles. The molecule has 0 spiro atoms. The van der Waals surface area contributed by atoms with Crippen molar-refractivity contribution in [2.24, 2.45) is 0 Å². The maximum absolute atomic E-state index is 13.3. The first-order valence-corrected chi connectivity index (χ1v) is 5.18. The van der Waals surface area contributed by atoms with E-state index in [0.29, 0.717) is 12.1 Å². The zero-order valence-electron chi connectivity index (χ0n) is 9.38. The molecule has 0 bridgehead atoms. The van der Waals surface area contributed by atoms with Gasteiger partial charge in [-0.05, 0) is 24.3 Å². The number of halogens is 4. The summed E-state index contributed by atoms with van der Waals surface area (Å²) in [5.74, 6) is -4.58. The Labute approximate surface area is 105 Å². The van der Waals surface area contributed by atoms with Crippen LogP contribution in [0, 0.1) is 23.3 Å². The number of benzene rings is 2. The standard InChI is InChI=1S/C13H7F4NO/c14-7-1-2-11(12(17)6-7)13(19)18-10-4-8(15)3-9(16)5-10/h1-6H,(H,18,19). The van der Waals surface area contributed by atoms with Crippen LogP contribution in [0.3, 0.4) is 0 Å². The highest BCUT2D eigenvalue weighted by Crippen LogP contribution is 2.16. The van der Waals surface area contributed by atoms with Gasteiger partial charge in [-0.3, -0.25) is 4.79 Å². The molecule has 0 aliphatic rings. The minimum Gasteiger partial charge on any atom is -0.322 e. The van der Waals surface area contributed by atoms with Gasteiger partial charge in [-0.15, -0.1) is 0 Å². The SMILES string of the molecule is O=C(Nc1cc(F)cc(F)c1)c1ccc(F)cc1F. The van der Waals surface area contributed by atoms with Gasteiger partial charge in [0, 0.05) is 17.8 Å². The Bertz CT molecular complexity index is 622. The summed E-state index contributed by atoms with van der Waals surface area (Å²) in [6, 6.07) is 4.78. The maximum atomic E-state index is 13.3. The Morgan fingerprint density at radius 1 is 0.842 bits per heavy atom. The van der Waals surface area contributed by atoms with Gasteiger partial charge in [0.2, 0.25) is 0 Å². The lowest BCUT2D eigenvalue weighted by molar-refractivity contribution is 0.102. The van der Waals surface area contributed by atoms with Crippen molar-refractivity contribution in [3.63, 3.8) is 0 Å². The fourth-order valence-electron chi connectivity index (χ4n) is 1.50. The van der Waals surface area contributed by atoms with E-state index < -0.39 is 34.7 Å². The van der Waals surface area contributed by atoms with Crippen LogP contribution in [0.25, 0.3) is 0 Å². The summed E-state index contributed by atoms with van der Waals surface area (Å²) in [4.78, 5) is 11.7. The highest BCUT2D eigenvalue weighted by Gasteiger charge is 2.13. The Morgan fingerprint density at radius 2 is 1.47 bits per heavy atom. The largest absolute Gasteiger partial charge is 0.322 e. The van der Waals surface area contributed by atoms with Gasteiger partial charge in [0.1, 0.15) is 23.3 Å². The molecule has 2 aromatic carbocycles. The molecule has 1 N–H and O–H groups in total. The zero-order chi connectivity index (χ0) is 14.0. The van der Waals surface area contributed by atoms with E-state index >= 15 is 0 Å². The second-order valence-corrected chi connectivity index (χ2v) is 3.74. The molecule has 19 heavy (non-hydrogen) atoms. The number of amides is 1. The summed E-state index contributed by atoms with van der Waals surface area (Å²) < 4.78 is 51.8. The van der Waals surface area contributed by atoms with E-state index in [1.807, 2.05) is 0 Å². The molecule has 0 aliphatic heterocycles. The van der Waals surface area contributed by atoms with Crippen LogP contribution < -0.4 is 5.32 Å². The number of anilines is 1. The minimum absolute atomic E-state index is 0.161. The van der Waals surface area contributed by atoms with Crippen LogP contribution in [0.2, 0.25) is 0 Å². The van der Waals surface area contributed by atoms with Crippen molar-refractivity contribution in [3.8, 4) is 0 Å². The highest BCUT2D eigenvalue weighted by molar-refractivity contribution is 6.04. The van der Waals surface area contributed by atoms with Crippen molar-refractivity contribution in [1.29, 1.82) is 0 Å². The van der Waals surface area contributed by atoms with Gasteiger partial charge in [0.25, 0.3) is 5.91 Å². The van der Waals surface area contributed by atoms with Gasteiger partial charge < -0.3 is 5.32 Å². The number of carbonyl (C=O) groups excluding carboxylic acids is 1. The van der Waals surface area contributed by atoms with E-state index in [9.17, 15) is 22.4 Å². The van der Waals surface area contributed by atoms with Crippen LogP contribution in [0.5, 0.6) is 0 Å². The second-order valence-electron chi connectivity index (χ2n) is 3.74. The molecule has 0 radical (unpaired) electrons. The highest BCUT2D eigenvalue weighted by atomic mass is 19.1. The fraction of sp³-hybridized carbons (Fsp3) is 0. The van der Waals surface area contributed by atoms with Crippen LogP contribution in [-0.4, -0.2) is 5.91 Å². The minimum atomic E-state index is -1.06. The third-order valence-corrected chi connectivity index (χ3v) is 2.30. The molecule has 0 aromatic heterocycles. The smallest absolute Gasteiger partial charge is 0.258 e. The molecule has 1 amide bonds. The molecule has 2 aromatic rings. The third kappa shape index (κ3) is 3.09. The molecular weight excluding hydrogens is 262 g/mol. The summed E-state index contributed by atoms with van der Waals surface area (Å²) >= 11 is 0. The Morgan fingerprint density at radius 3 is 2.05 bits per heavy atom. The zero-order valence-corrected chi connectivity index (χ0v) is 9.38. The van der Waals surface area contributed by atoms with Crippen molar-refractivity contribution >= 4 is 11.6 Å². The van der Waals surface area contributed by atoms with E-state index in [1.54, 1.807) is 0 Å². The average molecular weight is 269 g/mol. The van der Waals surface area contributed by atoms with Gasteiger partial charge in [0.15, 0.2) is 0 Å². The Balaban J connectivity index is 2.25. The molecule has 0 aliphatic carbocycles. The van der Waals surface area contributed by atoms with Crippen molar-refractivity contribution in [2.45, 2.75) is 0 Å². The van der Waals surface area contributed by atoms with Crippen LogP contribution in [0.1, 0.15) is 10.4 Å². The Kier molecular flexibility index (Phi) is 3.50. The molecule has 0 atom stereocenters. The number of nitrogens with one attached hydrogen (secondary N) is 1. The first kappa shape index (κ1) is 13.1. The van der Waals surface area contributed by atoms with Crippen molar-refractivity contribution < 1.29 is 22.4 Å². The fourth-order valence-corrected chi connectivity index (χ4v) is 1.50. The maximum Gasteiger partial charge on any atom is 0.258 e. The van der Waals surface area contributed by atoms with Gasteiger partial charge in [-0.1, -0.05) is 0 Å². The molecule has 0 heterocycles. The summed E-state index contributed by atoms with van der Waals surface area (Å²) in [5.41, 5.74) is -0.586. The molecule has 0 fully saturated rings. The van der Waals surface area contributed by atoms with Gasteiger partial charge in [-0.2, -0.15) is 0 Å². The van der Waals surface area contributed by atoms with E-state index in [1.165, 1.54) is 0 Å². The monoisotopic (exact) mass is 269 g/mol. The molecule has 2 nitrogen and oxygen atoms in total. The third-order valence-electron chi connectivity index (χ3n) is 2.30. The second kappa shape index (κ2) is 5.09. The topological polar surface area (TPSA) is 29.1 Å². The van der Waals surface area contributed by atoms with Gasteiger partial charge in [-0.25, -0.2) is 17.6 Å². The average Bonchev–Trinajstić information content (AvgIpc) is 2.26. The van der Waals surface area contributed by atoms with E-state index in [0.717, 1.165) is 24.3 Å². The van der Waals surface area contributed by atoms with Crippen LogP contribution in [0.15, 0.2) is 36.4 Å². The lowest BCUT2D eigenvalue weighted by Gasteiger charge is -2.06. The Hall–Kier alpha value is -2.37. The summed E-state index contributed by atoms with van der Waals surface area (Å²) in [6.07, 6.45) is 0. The van der Waals surface area contributed by atoms with E-state index in [-0.39, 0.29) is 5.69 Å². The molecule has 0 unspecified atom stereocenters. The number of carbonyl (C=O) groups is 1. The summed E-state index contributed by atoms with van der Waals surface area (Å²) in [6.45, 7) is 0. The predicted octanol–water partition coefficient (Wildman–Crippen LogP) is 3.50. The van der Waals surface area contributed by atoms with E-state index in [4.69, 9.17) is 0 Å². The number of hydrogen-bond donors (Lipinski definition) is 1. The lowest BCUT2D eigenvalue weighted by atomic mass is 10.2. The van der Waals surface area contributed by atoms with Crippen LogP contribution >= 0.6 is 0 Å².